The Labute approximate surface area is 106 Å². The van der Waals surface area contributed by atoms with E-state index in [0.717, 1.165) is 0 Å². The van der Waals surface area contributed by atoms with Crippen LogP contribution in [0.25, 0.3) is 0 Å². The molecule has 1 aromatic carbocycles. The quantitative estimate of drug-likeness (QED) is 0.770. The fourth-order valence-electron chi connectivity index (χ4n) is 1.75. The molecule has 0 aromatic heterocycles. The van der Waals surface area contributed by atoms with Crippen molar-refractivity contribution in [3.63, 3.8) is 0 Å². The van der Waals surface area contributed by atoms with Crippen molar-refractivity contribution in [3.05, 3.63) is 17.7 Å². The average molecular weight is 254 g/mol. The number of amides is 1. The zero-order valence-electron chi connectivity index (χ0n) is 10.9. The number of primary amides is 1. The van der Waals surface area contributed by atoms with Gasteiger partial charge in [-0.2, -0.15) is 0 Å². The summed E-state index contributed by atoms with van der Waals surface area (Å²) < 4.78 is 15.6. The number of benzene rings is 1. The molecule has 1 aromatic rings. The number of carbonyl (C=O) groups excluding carboxylic acids is 1. The topological polar surface area (TPSA) is 82.8 Å². The second kappa shape index (κ2) is 6.11. The Hall–Kier alpha value is -1.95. The number of carbonyl (C=O) groups is 1. The van der Waals surface area contributed by atoms with Gasteiger partial charge in [0.15, 0.2) is 0 Å². The number of nitrogens with two attached hydrogens (primary N) is 1. The molecule has 0 bridgehead atoms. The summed E-state index contributed by atoms with van der Waals surface area (Å²) in [5.41, 5.74) is 5.90. The van der Waals surface area contributed by atoms with E-state index in [0.29, 0.717) is 22.8 Å². The molecule has 1 amide bonds. The third-order valence-electron chi connectivity index (χ3n) is 2.62. The molecule has 0 heterocycles. The molecule has 18 heavy (non-hydrogen) atoms. The van der Waals surface area contributed by atoms with E-state index in [1.807, 2.05) is 0 Å². The van der Waals surface area contributed by atoms with Crippen LogP contribution in [0.4, 0.5) is 0 Å². The molecule has 1 atom stereocenters. The summed E-state index contributed by atoms with van der Waals surface area (Å²) in [6.07, 6.45) is 0. The van der Waals surface area contributed by atoms with E-state index in [1.54, 1.807) is 19.2 Å². The van der Waals surface area contributed by atoms with Gasteiger partial charge < -0.3 is 25.3 Å². The third-order valence-corrected chi connectivity index (χ3v) is 2.62. The first-order chi connectivity index (χ1) is 8.58. The normalized spacial score (nSPS) is 11.8. The lowest BCUT2D eigenvalue weighted by molar-refractivity contribution is -0.120. The minimum absolute atomic E-state index is 0.476. The number of likely N-dealkylation sites (N-methyl/N-ethyl adjacent to an activating group) is 1. The van der Waals surface area contributed by atoms with Crippen molar-refractivity contribution in [3.8, 4) is 17.2 Å². The molecular formula is C12H18N2O4. The summed E-state index contributed by atoms with van der Waals surface area (Å²) in [5, 5.41) is 2.83. The van der Waals surface area contributed by atoms with Crippen molar-refractivity contribution >= 4 is 5.91 Å². The van der Waals surface area contributed by atoms with Crippen molar-refractivity contribution in [1.29, 1.82) is 0 Å². The zero-order valence-corrected chi connectivity index (χ0v) is 10.9. The third kappa shape index (κ3) is 2.65. The van der Waals surface area contributed by atoms with Crippen LogP contribution in [0, 0.1) is 0 Å². The molecule has 3 N–H and O–H groups in total. The SMILES string of the molecule is CNC(C(N)=O)c1c(OC)cc(OC)cc1OC. The van der Waals surface area contributed by atoms with Crippen molar-refractivity contribution in [2.24, 2.45) is 5.73 Å². The predicted molar refractivity (Wildman–Crippen MR) is 67.1 cm³/mol. The fraction of sp³-hybridized carbons (Fsp3) is 0.417. The Morgan fingerprint density at radius 3 is 1.94 bits per heavy atom. The second-order valence-electron chi connectivity index (χ2n) is 3.57. The predicted octanol–water partition coefficient (Wildman–Crippen LogP) is 0.458. The largest absolute Gasteiger partial charge is 0.496 e. The van der Waals surface area contributed by atoms with Crippen LogP contribution in [0.3, 0.4) is 0 Å². The molecule has 0 aliphatic rings. The van der Waals surface area contributed by atoms with E-state index in [9.17, 15) is 4.79 Å². The van der Waals surface area contributed by atoms with Crippen LogP contribution in [0.15, 0.2) is 12.1 Å². The fourth-order valence-corrected chi connectivity index (χ4v) is 1.75. The van der Waals surface area contributed by atoms with E-state index < -0.39 is 11.9 Å². The molecule has 0 aliphatic carbocycles. The van der Waals surface area contributed by atoms with Crippen LogP contribution in [-0.2, 0) is 4.79 Å². The maximum absolute atomic E-state index is 11.4. The molecule has 6 heteroatoms. The highest BCUT2D eigenvalue weighted by Crippen LogP contribution is 2.38. The van der Waals surface area contributed by atoms with Gasteiger partial charge in [-0.1, -0.05) is 0 Å². The van der Waals surface area contributed by atoms with Crippen LogP contribution in [0.1, 0.15) is 11.6 Å². The van der Waals surface area contributed by atoms with Gasteiger partial charge in [0, 0.05) is 12.1 Å². The molecule has 0 spiro atoms. The maximum Gasteiger partial charge on any atom is 0.239 e. The first kappa shape index (κ1) is 14.1. The zero-order chi connectivity index (χ0) is 13.7. The van der Waals surface area contributed by atoms with Gasteiger partial charge in [0.1, 0.15) is 23.3 Å². The lowest BCUT2D eigenvalue weighted by Crippen LogP contribution is -2.31. The summed E-state index contributed by atoms with van der Waals surface area (Å²) in [5.74, 6) is 1.01. The Morgan fingerprint density at radius 2 is 1.67 bits per heavy atom. The minimum atomic E-state index is -0.694. The Morgan fingerprint density at radius 1 is 1.17 bits per heavy atom. The summed E-state index contributed by atoms with van der Waals surface area (Å²) in [6.45, 7) is 0. The summed E-state index contributed by atoms with van der Waals surface area (Å²) in [7, 11) is 6.19. The lowest BCUT2D eigenvalue weighted by atomic mass is 10.0. The number of hydrogen-bond donors (Lipinski definition) is 2. The van der Waals surface area contributed by atoms with Gasteiger partial charge in [0.2, 0.25) is 5.91 Å². The summed E-state index contributed by atoms with van der Waals surface area (Å²) in [6, 6.07) is 2.65. The van der Waals surface area contributed by atoms with Gasteiger partial charge in [0.05, 0.1) is 26.9 Å². The number of methoxy groups -OCH3 is 3. The van der Waals surface area contributed by atoms with E-state index in [1.165, 1.54) is 21.3 Å². The van der Waals surface area contributed by atoms with Gasteiger partial charge in [-0.25, -0.2) is 0 Å². The summed E-state index contributed by atoms with van der Waals surface area (Å²) in [4.78, 5) is 11.4. The molecule has 0 aliphatic heterocycles. The lowest BCUT2D eigenvalue weighted by Gasteiger charge is -2.20. The average Bonchev–Trinajstić information content (AvgIpc) is 2.38. The highest BCUT2D eigenvalue weighted by atomic mass is 16.5. The number of ether oxygens (including phenoxy) is 3. The van der Waals surface area contributed by atoms with Gasteiger partial charge >= 0.3 is 0 Å². The van der Waals surface area contributed by atoms with Crippen LogP contribution < -0.4 is 25.3 Å². The molecule has 1 unspecified atom stereocenters. The highest BCUT2D eigenvalue weighted by Gasteiger charge is 2.25. The number of rotatable bonds is 6. The van der Waals surface area contributed by atoms with Crippen molar-refractivity contribution in [2.75, 3.05) is 28.4 Å². The molecule has 0 fully saturated rings. The molecular weight excluding hydrogens is 236 g/mol. The van der Waals surface area contributed by atoms with E-state index in [4.69, 9.17) is 19.9 Å². The first-order valence-corrected chi connectivity index (χ1v) is 5.35. The smallest absolute Gasteiger partial charge is 0.239 e. The van der Waals surface area contributed by atoms with Crippen molar-refractivity contribution in [1.82, 2.24) is 5.32 Å². The first-order valence-electron chi connectivity index (χ1n) is 5.35. The van der Waals surface area contributed by atoms with Crippen LogP contribution >= 0.6 is 0 Å². The van der Waals surface area contributed by atoms with Crippen molar-refractivity contribution in [2.45, 2.75) is 6.04 Å². The Bertz CT molecular complexity index is 409. The Kier molecular flexibility index (Phi) is 4.79. The Balaban J connectivity index is 3.43. The van der Waals surface area contributed by atoms with Gasteiger partial charge in [-0.3, -0.25) is 4.79 Å². The van der Waals surface area contributed by atoms with Gasteiger partial charge in [0.25, 0.3) is 0 Å². The van der Waals surface area contributed by atoms with Crippen molar-refractivity contribution < 1.29 is 19.0 Å². The van der Waals surface area contributed by atoms with Gasteiger partial charge in [-0.15, -0.1) is 0 Å². The number of hydrogen-bond acceptors (Lipinski definition) is 5. The van der Waals surface area contributed by atoms with Crippen LogP contribution in [0.2, 0.25) is 0 Å². The van der Waals surface area contributed by atoms with Gasteiger partial charge in [-0.05, 0) is 7.05 Å². The molecule has 6 nitrogen and oxygen atoms in total. The molecule has 0 saturated heterocycles. The highest BCUT2D eigenvalue weighted by molar-refractivity contribution is 5.83. The molecule has 0 saturated carbocycles. The van der Waals surface area contributed by atoms with E-state index in [-0.39, 0.29) is 0 Å². The van der Waals surface area contributed by atoms with Crippen LogP contribution in [0.5, 0.6) is 17.2 Å². The van der Waals surface area contributed by atoms with Crippen LogP contribution in [-0.4, -0.2) is 34.3 Å². The molecule has 100 valence electrons. The monoisotopic (exact) mass is 254 g/mol. The van der Waals surface area contributed by atoms with E-state index >= 15 is 0 Å². The minimum Gasteiger partial charge on any atom is -0.496 e. The molecule has 0 radical (unpaired) electrons. The number of nitrogens with one attached hydrogen (secondary N) is 1. The second-order valence-corrected chi connectivity index (χ2v) is 3.57. The van der Waals surface area contributed by atoms with E-state index in [2.05, 4.69) is 5.32 Å². The molecule has 1 rings (SSSR count). The summed E-state index contributed by atoms with van der Waals surface area (Å²) >= 11 is 0. The maximum atomic E-state index is 11.4. The standard InChI is InChI=1S/C12H18N2O4/c1-14-11(12(13)15)10-8(17-3)5-7(16-2)6-9(10)18-4/h5-6,11,14H,1-4H3,(H2,13,15).